The number of nitrogens with zero attached hydrogens (tertiary/aromatic N) is 3. The molecule has 0 aliphatic heterocycles. The number of anilines is 1. The Labute approximate surface area is 163 Å². The van der Waals surface area contributed by atoms with Gasteiger partial charge in [0.15, 0.2) is 0 Å². The quantitative estimate of drug-likeness (QED) is 0.551. The van der Waals surface area contributed by atoms with Crippen LogP contribution in [0.2, 0.25) is 0 Å². The highest BCUT2D eigenvalue weighted by atomic mass is 16.2. The number of aromatic amines is 1. The lowest BCUT2D eigenvalue weighted by molar-refractivity contribution is -0.119. The Bertz CT molecular complexity index is 1130. The average Bonchev–Trinajstić information content (AvgIpc) is 3.23. The molecular weight excluding hydrogens is 350 g/mol. The summed E-state index contributed by atoms with van der Waals surface area (Å²) < 4.78 is 1.75. The molecule has 2 heterocycles. The van der Waals surface area contributed by atoms with Gasteiger partial charge < -0.3 is 10.3 Å². The van der Waals surface area contributed by atoms with Crippen LogP contribution in [0.3, 0.4) is 0 Å². The summed E-state index contributed by atoms with van der Waals surface area (Å²) in [4.78, 5) is 20.7. The lowest BCUT2D eigenvalue weighted by Crippen LogP contribution is -2.25. The van der Waals surface area contributed by atoms with Gasteiger partial charge in [0, 0.05) is 17.8 Å². The lowest BCUT2D eigenvalue weighted by Gasteiger charge is -2.14. The van der Waals surface area contributed by atoms with Gasteiger partial charge in [-0.05, 0) is 50.6 Å². The van der Waals surface area contributed by atoms with Crippen LogP contribution in [-0.4, -0.2) is 25.7 Å². The summed E-state index contributed by atoms with van der Waals surface area (Å²) >= 11 is 0. The molecule has 6 nitrogen and oxygen atoms in total. The van der Waals surface area contributed by atoms with Crippen molar-refractivity contribution in [1.82, 2.24) is 19.7 Å². The smallest absolute Gasteiger partial charge is 0.248 e. The van der Waals surface area contributed by atoms with Gasteiger partial charge in [0.1, 0.15) is 11.9 Å². The molecule has 0 radical (unpaired) electrons. The van der Waals surface area contributed by atoms with Gasteiger partial charge >= 0.3 is 0 Å². The minimum absolute atomic E-state index is 0.102. The van der Waals surface area contributed by atoms with Crippen molar-refractivity contribution >= 4 is 22.6 Å². The number of carbonyl (C=O) groups excluding carboxylic acids is 1. The first-order valence-electron chi connectivity index (χ1n) is 9.36. The zero-order valence-corrected chi connectivity index (χ0v) is 16.2. The molecular formula is C22H23N5O. The normalized spacial score (nSPS) is 12.2. The van der Waals surface area contributed by atoms with Crippen LogP contribution in [0.25, 0.3) is 11.0 Å². The Balaban J connectivity index is 1.51. The van der Waals surface area contributed by atoms with Crippen LogP contribution in [0.15, 0.2) is 54.6 Å². The topological polar surface area (TPSA) is 75.6 Å². The highest BCUT2D eigenvalue weighted by molar-refractivity contribution is 5.95. The van der Waals surface area contributed by atoms with E-state index < -0.39 is 0 Å². The Morgan fingerprint density at radius 2 is 1.93 bits per heavy atom. The zero-order chi connectivity index (χ0) is 19.7. The summed E-state index contributed by atoms with van der Waals surface area (Å²) in [5.74, 6) is 0.801. The highest BCUT2D eigenvalue weighted by Gasteiger charge is 2.18. The number of benzene rings is 2. The van der Waals surface area contributed by atoms with E-state index in [1.807, 2.05) is 63.2 Å². The van der Waals surface area contributed by atoms with Crippen molar-refractivity contribution in [3.05, 3.63) is 77.4 Å². The first kappa shape index (κ1) is 18.0. The SMILES string of the molecule is Cc1cc(C)n(C(C)C(=O)Nc2ccc3nc(Cc4ccccc4)[nH]c3c2)n1. The molecule has 1 atom stereocenters. The van der Waals surface area contributed by atoms with Crippen LogP contribution in [0.1, 0.15) is 35.7 Å². The van der Waals surface area contributed by atoms with Gasteiger partial charge in [-0.15, -0.1) is 0 Å². The van der Waals surface area contributed by atoms with Crippen LogP contribution in [0, 0.1) is 13.8 Å². The van der Waals surface area contributed by atoms with E-state index in [-0.39, 0.29) is 11.9 Å². The van der Waals surface area contributed by atoms with Crippen LogP contribution in [0.5, 0.6) is 0 Å². The highest BCUT2D eigenvalue weighted by Crippen LogP contribution is 2.20. The third kappa shape index (κ3) is 3.67. The van der Waals surface area contributed by atoms with Gasteiger partial charge in [-0.1, -0.05) is 30.3 Å². The molecule has 1 amide bonds. The van der Waals surface area contributed by atoms with Crippen molar-refractivity contribution in [2.45, 2.75) is 33.2 Å². The fourth-order valence-corrected chi connectivity index (χ4v) is 3.41. The maximum Gasteiger partial charge on any atom is 0.248 e. The number of fused-ring (bicyclic) bond motifs is 1. The minimum Gasteiger partial charge on any atom is -0.342 e. The van der Waals surface area contributed by atoms with Crippen molar-refractivity contribution in [2.24, 2.45) is 0 Å². The second-order valence-corrected chi connectivity index (χ2v) is 7.11. The zero-order valence-electron chi connectivity index (χ0n) is 16.2. The standard InChI is InChI=1S/C22H23N5O/c1-14-11-15(2)27(26-14)16(3)22(28)23-18-9-10-19-20(13-18)25-21(24-19)12-17-7-5-4-6-8-17/h4-11,13,16H,12H2,1-3H3,(H,23,28)(H,24,25). The number of H-pyrrole nitrogens is 1. The summed E-state index contributed by atoms with van der Waals surface area (Å²) in [7, 11) is 0. The van der Waals surface area contributed by atoms with E-state index in [1.165, 1.54) is 5.56 Å². The molecule has 4 rings (SSSR count). The first-order chi connectivity index (χ1) is 13.5. The van der Waals surface area contributed by atoms with Crippen LogP contribution < -0.4 is 5.32 Å². The molecule has 0 aliphatic carbocycles. The van der Waals surface area contributed by atoms with E-state index in [0.29, 0.717) is 0 Å². The maximum atomic E-state index is 12.7. The molecule has 0 aliphatic rings. The molecule has 0 saturated heterocycles. The monoisotopic (exact) mass is 373 g/mol. The minimum atomic E-state index is -0.389. The Morgan fingerprint density at radius 1 is 1.14 bits per heavy atom. The number of hydrogen-bond acceptors (Lipinski definition) is 3. The molecule has 2 N–H and O–H groups in total. The van der Waals surface area contributed by atoms with Gasteiger partial charge in [0.2, 0.25) is 5.91 Å². The van der Waals surface area contributed by atoms with E-state index in [9.17, 15) is 4.79 Å². The van der Waals surface area contributed by atoms with Gasteiger partial charge in [-0.2, -0.15) is 5.10 Å². The summed E-state index contributed by atoms with van der Waals surface area (Å²) in [5.41, 5.74) is 5.60. The van der Waals surface area contributed by atoms with Crippen molar-refractivity contribution in [3.63, 3.8) is 0 Å². The number of aryl methyl sites for hydroxylation is 2. The summed E-state index contributed by atoms with van der Waals surface area (Å²) in [6, 6.07) is 17.5. The third-order valence-electron chi connectivity index (χ3n) is 4.80. The van der Waals surface area contributed by atoms with Crippen molar-refractivity contribution in [3.8, 4) is 0 Å². The van der Waals surface area contributed by atoms with Crippen molar-refractivity contribution < 1.29 is 4.79 Å². The summed E-state index contributed by atoms with van der Waals surface area (Å²) in [5, 5.41) is 7.39. The van der Waals surface area contributed by atoms with Crippen LogP contribution >= 0.6 is 0 Å². The predicted octanol–water partition coefficient (Wildman–Crippen LogP) is 4.17. The fourth-order valence-electron chi connectivity index (χ4n) is 3.41. The molecule has 0 fully saturated rings. The molecule has 28 heavy (non-hydrogen) atoms. The number of hydrogen-bond donors (Lipinski definition) is 2. The molecule has 1 unspecified atom stereocenters. The molecule has 2 aromatic carbocycles. The molecule has 4 aromatic rings. The molecule has 6 heteroatoms. The number of carbonyl (C=O) groups is 1. The lowest BCUT2D eigenvalue weighted by atomic mass is 10.1. The van der Waals surface area contributed by atoms with E-state index >= 15 is 0 Å². The molecule has 2 aromatic heterocycles. The van der Waals surface area contributed by atoms with Crippen LogP contribution in [0.4, 0.5) is 5.69 Å². The number of rotatable bonds is 5. The summed E-state index contributed by atoms with van der Waals surface area (Å²) in [6.07, 6.45) is 0.742. The summed E-state index contributed by atoms with van der Waals surface area (Å²) in [6.45, 7) is 5.73. The average molecular weight is 373 g/mol. The van der Waals surface area contributed by atoms with Crippen LogP contribution in [-0.2, 0) is 11.2 Å². The van der Waals surface area contributed by atoms with Crippen molar-refractivity contribution in [2.75, 3.05) is 5.32 Å². The van der Waals surface area contributed by atoms with Gasteiger partial charge in [-0.3, -0.25) is 9.48 Å². The number of nitrogens with one attached hydrogen (secondary N) is 2. The number of aromatic nitrogens is 4. The van der Waals surface area contributed by atoms with Gasteiger partial charge in [0.25, 0.3) is 0 Å². The van der Waals surface area contributed by atoms with Crippen molar-refractivity contribution in [1.29, 1.82) is 0 Å². The van der Waals surface area contributed by atoms with E-state index in [4.69, 9.17) is 0 Å². The Morgan fingerprint density at radius 3 is 2.64 bits per heavy atom. The Hall–Kier alpha value is -3.41. The van der Waals surface area contributed by atoms with Gasteiger partial charge in [0.05, 0.1) is 16.7 Å². The molecule has 0 saturated carbocycles. The predicted molar refractivity (Wildman–Crippen MR) is 110 cm³/mol. The van der Waals surface area contributed by atoms with E-state index in [2.05, 4.69) is 32.5 Å². The largest absolute Gasteiger partial charge is 0.342 e. The number of amides is 1. The molecule has 0 spiro atoms. The van der Waals surface area contributed by atoms with E-state index in [1.54, 1.807) is 4.68 Å². The van der Waals surface area contributed by atoms with Gasteiger partial charge in [-0.25, -0.2) is 4.98 Å². The Kier molecular flexibility index (Phi) is 4.69. The third-order valence-corrected chi connectivity index (χ3v) is 4.80. The van der Waals surface area contributed by atoms with E-state index in [0.717, 1.165) is 40.4 Å². The number of imidazole rings is 1. The molecule has 142 valence electrons. The fraction of sp³-hybridized carbons (Fsp3) is 0.227. The second-order valence-electron chi connectivity index (χ2n) is 7.11. The first-order valence-corrected chi connectivity index (χ1v) is 9.36. The maximum absolute atomic E-state index is 12.7. The second kappa shape index (κ2) is 7.31. The molecule has 0 bridgehead atoms.